The lowest BCUT2D eigenvalue weighted by molar-refractivity contribution is 0.0606. The van der Waals surface area contributed by atoms with Gasteiger partial charge in [-0.1, -0.05) is 121 Å². The lowest BCUT2D eigenvalue weighted by Crippen LogP contribution is -2.09. The molecule has 0 bridgehead atoms. The van der Waals surface area contributed by atoms with Crippen LogP contribution in [0.5, 0.6) is 11.5 Å². The molecule has 2 aromatic heterocycles. The fourth-order valence-electron chi connectivity index (χ4n) is 6.01. The maximum absolute atomic E-state index is 12.8. The Balaban J connectivity index is 1.34. The number of aromatic nitrogens is 1. The lowest BCUT2D eigenvalue weighted by Gasteiger charge is -2.18. The molecule has 250 valence electrons. The normalized spacial score (nSPS) is 11.1. The topological polar surface area (TPSA) is 58.9 Å². The molecule has 0 saturated heterocycles. The Labute approximate surface area is 296 Å². The maximum Gasteiger partial charge on any atom is 0.348 e. The van der Waals surface area contributed by atoms with Gasteiger partial charge in [-0.25, -0.2) is 4.79 Å². The number of rotatable bonds is 14. The van der Waals surface area contributed by atoms with Crippen molar-refractivity contribution in [3.05, 3.63) is 167 Å². The molecule has 50 heavy (non-hydrogen) atoms. The molecule has 0 spiro atoms. The number of methoxy groups -OCH3 is 1. The van der Waals surface area contributed by atoms with E-state index in [0.717, 1.165) is 49.3 Å². The summed E-state index contributed by atoms with van der Waals surface area (Å²) in [5.41, 5.74) is 8.14. The van der Waals surface area contributed by atoms with Crippen LogP contribution in [-0.2, 0) is 35.8 Å². The third-order valence-electron chi connectivity index (χ3n) is 8.45. The Kier molecular flexibility index (Phi) is 10.3. The largest absolute Gasteiger partial charge is 0.489 e. The molecule has 7 aromatic rings. The van der Waals surface area contributed by atoms with Crippen LogP contribution in [0.3, 0.4) is 0 Å². The SMILES string of the molecule is COC(=O)c1cc2c(s1)c(-c1ccccc1)c(-c1ccc(OCc3ccccc3)cc1OCc1ccccc1)n2CCOCc1ccccc1. The number of nitrogens with zero attached hydrogens (tertiary/aromatic N) is 1. The van der Waals surface area contributed by atoms with Gasteiger partial charge in [0.2, 0.25) is 0 Å². The number of hydrogen-bond acceptors (Lipinski definition) is 6. The molecule has 7 heteroatoms. The van der Waals surface area contributed by atoms with Crippen molar-refractivity contribution in [2.45, 2.75) is 26.4 Å². The van der Waals surface area contributed by atoms with Crippen molar-refractivity contribution in [2.75, 3.05) is 13.7 Å². The van der Waals surface area contributed by atoms with E-state index in [1.54, 1.807) is 0 Å². The zero-order valence-electron chi connectivity index (χ0n) is 27.8. The summed E-state index contributed by atoms with van der Waals surface area (Å²) in [5.74, 6) is 1.05. The number of carbonyl (C=O) groups excluding carboxylic acids is 1. The molecule has 0 N–H and O–H groups in total. The van der Waals surface area contributed by atoms with Crippen LogP contribution in [0.2, 0.25) is 0 Å². The van der Waals surface area contributed by atoms with Crippen LogP contribution in [0.1, 0.15) is 26.4 Å². The minimum Gasteiger partial charge on any atom is -0.489 e. The van der Waals surface area contributed by atoms with Gasteiger partial charge in [0.25, 0.3) is 0 Å². The van der Waals surface area contributed by atoms with Crippen molar-refractivity contribution in [1.82, 2.24) is 4.57 Å². The van der Waals surface area contributed by atoms with Crippen molar-refractivity contribution >= 4 is 27.5 Å². The molecule has 2 heterocycles. The fourth-order valence-corrected chi connectivity index (χ4v) is 7.16. The highest BCUT2D eigenvalue weighted by Crippen LogP contribution is 2.47. The van der Waals surface area contributed by atoms with E-state index in [1.165, 1.54) is 18.4 Å². The first-order valence-corrected chi connectivity index (χ1v) is 17.4. The van der Waals surface area contributed by atoms with Gasteiger partial charge in [-0.05, 0) is 40.5 Å². The quantitative estimate of drug-likeness (QED) is 0.0846. The van der Waals surface area contributed by atoms with Gasteiger partial charge in [0.05, 0.1) is 36.2 Å². The van der Waals surface area contributed by atoms with E-state index >= 15 is 0 Å². The maximum atomic E-state index is 12.8. The first-order chi connectivity index (χ1) is 24.7. The molecule has 7 rings (SSSR count). The van der Waals surface area contributed by atoms with Crippen molar-refractivity contribution in [3.8, 4) is 33.9 Å². The van der Waals surface area contributed by atoms with Crippen LogP contribution >= 0.6 is 11.3 Å². The fraction of sp³-hybridized carbons (Fsp3) is 0.140. The van der Waals surface area contributed by atoms with E-state index < -0.39 is 0 Å². The molecule has 6 nitrogen and oxygen atoms in total. The van der Waals surface area contributed by atoms with Gasteiger partial charge in [0.15, 0.2) is 0 Å². The molecule has 0 atom stereocenters. The monoisotopic (exact) mass is 679 g/mol. The van der Waals surface area contributed by atoms with Crippen molar-refractivity contribution < 1.29 is 23.7 Å². The summed E-state index contributed by atoms with van der Waals surface area (Å²) in [5, 5.41) is 0. The molecule has 0 aliphatic rings. The van der Waals surface area contributed by atoms with E-state index in [9.17, 15) is 4.79 Å². The number of hydrogen-bond donors (Lipinski definition) is 0. The lowest BCUT2D eigenvalue weighted by atomic mass is 10.00. The van der Waals surface area contributed by atoms with E-state index in [-0.39, 0.29) is 5.97 Å². The summed E-state index contributed by atoms with van der Waals surface area (Å²) in [6.07, 6.45) is 0. The highest BCUT2D eigenvalue weighted by molar-refractivity contribution is 7.21. The van der Waals surface area contributed by atoms with Crippen LogP contribution in [0.4, 0.5) is 0 Å². The molecule has 0 radical (unpaired) electrons. The van der Waals surface area contributed by atoms with Gasteiger partial charge in [-0.2, -0.15) is 0 Å². The Morgan fingerprint density at radius 1 is 0.660 bits per heavy atom. The second kappa shape index (κ2) is 15.7. The van der Waals surface area contributed by atoms with E-state index in [1.807, 2.05) is 91.0 Å². The van der Waals surface area contributed by atoms with Crippen LogP contribution in [0.25, 0.3) is 32.6 Å². The summed E-state index contributed by atoms with van der Waals surface area (Å²) in [4.78, 5) is 13.4. The average Bonchev–Trinajstić information content (AvgIpc) is 3.74. The first kappa shape index (κ1) is 32.9. The highest BCUT2D eigenvalue weighted by atomic mass is 32.1. The van der Waals surface area contributed by atoms with Crippen LogP contribution in [0.15, 0.2) is 146 Å². The molecular formula is C43H37NO5S. The van der Waals surface area contributed by atoms with Gasteiger partial charge in [0, 0.05) is 23.7 Å². The number of thiophene rings is 1. The Morgan fingerprint density at radius 3 is 1.86 bits per heavy atom. The molecule has 0 fully saturated rings. The Hall–Kier alpha value is -5.63. The predicted octanol–water partition coefficient (Wildman–Crippen LogP) is 10.2. The van der Waals surface area contributed by atoms with Crippen LogP contribution in [-0.4, -0.2) is 24.3 Å². The molecule has 0 saturated carbocycles. The second-order valence-electron chi connectivity index (χ2n) is 11.8. The van der Waals surface area contributed by atoms with Crippen LogP contribution in [0, 0.1) is 0 Å². The zero-order valence-corrected chi connectivity index (χ0v) is 28.6. The number of carbonyl (C=O) groups is 1. The van der Waals surface area contributed by atoms with Gasteiger partial charge in [-0.15, -0.1) is 11.3 Å². The third-order valence-corrected chi connectivity index (χ3v) is 9.57. The smallest absolute Gasteiger partial charge is 0.348 e. The van der Waals surface area contributed by atoms with Crippen molar-refractivity contribution in [1.29, 1.82) is 0 Å². The Bertz CT molecular complexity index is 2160. The van der Waals surface area contributed by atoms with E-state index in [2.05, 4.69) is 59.2 Å². The van der Waals surface area contributed by atoms with Gasteiger partial charge in [-0.3, -0.25) is 0 Å². The minimum absolute atomic E-state index is 0.356. The van der Waals surface area contributed by atoms with Crippen molar-refractivity contribution in [2.24, 2.45) is 0 Å². The molecule has 0 amide bonds. The summed E-state index contributed by atoms with van der Waals surface area (Å²) in [6, 6.07) is 48.7. The summed E-state index contributed by atoms with van der Waals surface area (Å²) in [7, 11) is 1.42. The summed E-state index contributed by atoms with van der Waals surface area (Å²) in [6.45, 7) is 2.34. The highest BCUT2D eigenvalue weighted by Gasteiger charge is 2.26. The number of benzene rings is 5. The van der Waals surface area contributed by atoms with Gasteiger partial charge in [0.1, 0.15) is 29.6 Å². The molecule has 5 aromatic carbocycles. The standard InChI is InChI=1S/C43H37NO5S/c1-46-43(45)39-27-37-42(50-39)40(34-20-12-5-13-21-34)41(44(37)24-25-47-28-31-14-6-2-7-15-31)36-23-22-35(48-29-32-16-8-3-9-17-32)26-38(36)49-30-33-18-10-4-11-19-33/h2-23,26-27H,24-25,28-30H2,1H3. The van der Waals surface area contributed by atoms with E-state index in [0.29, 0.717) is 49.3 Å². The number of fused-ring (bicyclic) bond motifs is 1. The number of esters is 1. The van der Waals surface area contributed by atoms with E-state index in [4.69, 9.17) is 18.9 Å². The van der Waals surface area contributed by atoms with Gasteiger partial charge < -0.3 is 23.5 Å². The average molecular weight is 680 g/mol. The molecule has 0 aliphatic heterocycles. The zero-order chi connectivity index (χ0) is 34.1. The summed E-state index contributed by atoms with van der Waals surface area (Å²) >= 11 is 1.44. The molecule has 0 unspecified atom stereocenters. The summed E-state index contributed by atoms with van der Waals surface area (Å²) < 4.78 is 27.6. The molecular weight excluding hydrogens is 643 g/mol. The molecule has 0 aliphatic carbocycles. The van der Waals surface area contributed by atoms with Gasteiger partial charge >= 0.3 is 5.97 Å². The Morgan fingerprint density at radius 2 is 1.24 bits per heavy atom. The van der Waals surface area contributed by atoms with Crippen molar-refractivity contribution in [3.63, 3.8) is 0 Å². The number of ether oxygens (including phenoxy) is 4. The first-order valence-electron chi connectivity index (χ1n) is 16.6. The second-order valence-corrected chi connectivity index (χ2v) is 12.9. The van der Waals surface area contributed by atoms with Crippen LogP contribution < -0.4 is 9.47 Å². The predicted molar refractivity (Wildman–Crippen MR) is 200 cm³/mol. The minimum atomic E-state index is -0.356. The third kappa shape index (κ3) is 7.49.